The summed E-state index contributed by atoms with van der Waals surface area (Å²) in [5.74, 6) is -2.99. The molecule has 6 rings (SSSR count). The van der Waals surface area contributed by atoms with Gasteiger partial charge in [-0.2, -0.15) is 0 Å². The van der Waals surface area contributed by atoms with Gasteiger partial charge in [0.05, 0.1) is 36.3 Å². The zero-order valence-electron chi connectivity index (χ0n) is 19.8. The minimum Gasteiger partial charge on any atom is -0.492 e. The second-order valence-electron chi connectivity index (χ2n) is 9.16. The Bertz CT molecular complexity index is 1380. The first kappa shape index (κ1) is 23.5. The number of carbonyl (C=O) groups is 1. The van der Waals surface area contributed by atoms with E-state index in [4.69, 9.17) is 14.2 Å². The Morgan fingerprint density at radius 2 is 2.08 bits per heavy atom. The normalized spacial score (nSPS) is 21.8. The summed E-state index contributed by atoms with van der Waals surface area (Å²) in [6.45, 7) is 0.0576. The number of pyridine rings is 1. The van der Waals surface area contributed by atoms with Crippen LogP contribution in [0.5, 0.6) is 11.5 Å². The summed E-state index contributed by atoms with van der Waals surface area (Å²) in [7, 11) is 1.36. The van der Waals surface area contributed by atoms with Crippen LogP contribution in [0, 0.1) is 5.82 Å². The van der Waals surface area contributed by atoms with Crippen molar-refractivity contribution in [1.82, 2.24) is 15.3 Å². The predicted molar refractivity (Wildman–Crippen MR) is 129 cm³/mol. The molecule has 0 spiro atoms. The van der Waals surface area contributed by atoms with Gasteiger partial charge in [0, 0.05) is 36.8 Å². The van der Waals surface area contributed by atoms with E-state index in [1.165, 1.54) is 19.2 Å². The summed E-state index contributed by atoms with van der Waals surface area (Å²) < 4.78 is 58.8. The standard InChI is InChI=1S/C25H24F3N5O4/c1-35-22-13(26)3-2-4-15(22)33-20-18-14(6-8-30-24(18)34)32-19(20)12-5-7-29-23-21(12)37-17(10-31-23)16-9-25(27,28)11-36-16/h2-5,7,16-17,32-33H,6,8-11H2,1H3,(H,29,31)(H,30,34)/t16-,17+/m1/s1. The SMILES string of the molecule is COc1c(F)cccc1Nc1c(-c2ccnc3c2O[C@H]([C@H]2CC(F)(F)CO2)CN3)[nH]c2c1C(=O)NCC2. The Morgan fingerprint density at radius 1 is 1.22 bits per heavy atom. The number of alkyl halides is 2. The number of benzene rings is 1. The highest BCUT2D eigenvalue weighted by atomic mass is 19.3. The lowest BCUT2D eigenvalue weighted by Crippen LogP contribution is -2.41. The van der Waals surface area contributed by atoms with Crippen molar-refractivity contribution in [3.05, 3.63) is 47.5 Å². The Hall–Kier alpha value is -3.93. The van der Waals surface area contributed by atoms with Gasteiger partial charge in [-0.3, -0.25) is 4.79 Å². The molecule has 1 fully saturated rings. The number of amides is 1. The summed E-state index contributed by atoms with van der Waals surface area (Å²) in [5, 5.41) is 9.16. The van der Waals surface area contributed by atoms with Gasteiger partial charge in [0.2, 0.25) is 0 Å². The second kappa shape index (κ2) is 8.87. The maximum absolute atomic E-state index is 14.4. The van der Waals surface area contributed by atoms with E-state index < -0.39 is 37.0 Å². The molecule has 4 N–H and O–H groups in total. The summed E-state index contributed by atoms with van der Waals surface area (Å²) >= 11 is 0. The molecule has 0 bridgehead atoms. The lowest BCUT2D eigenvalue weighted by atomic mass is 10.0. The van der Waals surface area contributed by atoms with Crippen LogP contribution in [0.4, 0.5) is 30.4 Å². The lowest BCUT2D eigenvalue weighted by Gasteiger charge is -2.31. The number of anilines is 3. The third-order valence-electron chi connectivity index (χ3n) is 6.73. The third kappa shape index (κ3) is 4.10. The first-order chi connectivity index (χ1) is 17.8. The number of methoxy groups -OCH3 is 1. The molecule has 1 saturated heterocycles. The largest absolute Gasteiger partial charge is 0.492 e. The molecule has 3 aliphatic heterocycles. The van der Waals surface area contributed by atoms with E-state index in [1.807, 2.05) is 0 Å². The topological polar surface area (TPSA) is 110 Å². The highest BCUT2D eigenvalue weighted by molar-refractivity contribution is 6.07. The molecule has 1 aromatic carbocycles. The fraction of sp³-hybridized carbons (Fsp3) is 0.360. The molecule has 0 aliphatic carbocycles. The van der Waals surface area contributed by atoms with E-state index in [-0.39, 0.29) is 18.2 Å². The minimum atomic E-state index is -2.90. The van der Waals surface area contributed by atoms with Crippen molar-refractivity contribution in [2.75, 3.05) is 37.4 Å². The number of halogens is 3. The first-order valence-corrected chi connectivity index (χ1v) is 11.9. The maximum atomic E-state index is 14.4. The molecule has 5 heterocycles. The summed E-state index contributed by atoms with van der Waals surface area (Å²) in [6.07, 6.45) is 0.234. The van der Waals surface area contributed by atoms with Crippen LogP contribution >= 0.6 is 0 Å². The van der Waals surface area contributed by atoms with Gasteiger partial charge in [-0.15, -0.1) is 0 Å². The van der Waals surface area contributed by atoms with Gasteiger partial charge in [-0.05, 0) is 18.2 Å². The Labute approximate surface area is 209 Å². The molecule has 194 valence electrons. The monoisotopic (exact) mass is 515 g/mol. The number of para-hydroxylation sites is 1. The zero-order valence-corrected chi connectivity index (χ0v) is 19.8. The van der Waals surface area contributed by atoms with E-state index in [9.17, 15) is 18.0 Å². The van der Waals surface area contributed by atoms with E-state index >= 15 is 0 Å². The molecule has 0 saturated carbocycles. The summed E-state index contributed by atoms with van der Waals surface area (Å²) in [5.41, 5.74) is 2.86. The van der Waals surface area contributed by atoms with Crippen molar-refractivity contribution in [3.8, 4) is 22.8 Å². The van der Waals surface area contributed by atoms with Gasteiger partial charge >= 0.3 is 0 Å². The molecule has 3 aliphatic rings. The summed E-state index contributed by atoms with van der Waals surface area (Å²) in [6, 6.07) is 6.15. The zero-order chi connectivity index (χ0) is 25.7. The van der Waals surface area contributed by atoms with Crippen molar-refractivity contribution < 1.29 is 32.2 Å². The highest BCUT2D eigenvalue weighted by Crippen LogP contribution is 2.45. The first-order valence-electron chi connectivity index (χ1n) is 11.9. The van der Waals surface area contributed by atoms with Crippen molar-refractivity contribution >= 4 is 23.1 Å². The molecule has 2 aromatic heterocycles. The van der Waals surface area contributed by atoms with E-state index in [1.54, 1.807) is 18.3 Å². The molecule has 2 atom stereocenters. The molecule has 3 aromatic rings. The van der Waals surface area contributed by atoms with Gasteiger partial charge in [0.1, 0.15) is 18.8 Å². The van der Waals surface area contributed by atoms with Crippen LogP contribution in [0.1, 0.15) is 22.5 Å². The quantitative estimate of drug-likeness (QED) is 0.409. The number of ether oxygens (including phenoxy) is 3. The van der Waals surface area contributed by atoms with Crippen molar-refractivity contribution in [1.29, 1.82) is 0 Å². The van der Waals surface area contributed by atoms with Crippen LogP contribution in [-0.2, 0) is 11.2 Å². The van der Waals surface area contributed by atoms with Gasteiger partial charge in [0.25, 0.3) is 11.8 Å². The Morgan fingerprint density at radius 3 is 2.86 bits per heavy atom. The van der Waals surface area contributed by atoms with E-state index in [0.29, 0.717) is 58.4 Å². The van der Waals surface area contributed by atoms with Gasteiger partial charge < -0.3 is 35.1 Å². The third-order valence-corrected chi connectivity index (χ3v) is 6.73. The fourth-order valence-electron chi connectivity index (χ4n) is 5.02. The van der Waals surface area contributed by atoms with Crippen LogP contribution < -0.4 is 25.4 Å². The number of rotatable bonds is 5. The van der Waals surface area contributed by atoms with Gasteiger partial charge in [0.15, 0.2) is 23.1 Å². The number of carbonyl (C=O) groups excluding carboxylic acids is 1. The van der Waals surface area contributed by atoms with E-state index in [2.05, 4.69) is 25.9 Å². The number of nitrogens with zero attached hydrogens (tertiary/aromatic N) is 1. The average molecular weight is 515 g/mol. The van der Waals surface area contributed by atoms with Crippen LogP contribution in [0.2, 0.25) is 0 Å². The number of aromatic amines is 1. The minimum absolute atomic E-state index is 0.00586. The molecule has 9 nitrogen and oxygen atoms in total. The smallest absolute Gasteiger partial charge is 0.273 e. The average Bonchev–Trinajstić information content (AvgIpc) is 3.44. The van der Waals surface area contributed by atoms with Crippen molar-refractivity contribution in [3.63, 3.8) is 0 Å². The fourth-order valence-corrected chi connectivity index (χ4v) is 5.02. The van der Waals surface area contributed by atoms with Crippen LogP contribution in [0.15, 0.2) is 30.5 Å². The van der Waals surface area contributed by atoms with Gasteiger partial charge in [-0.25, -0.2) is 18.2 Å². The molecular formula is C25H24F3N5O4. The van der Waals surface area contributed by atoms with Crippen molar-refractivity contribution in [2.45, 2.75) is 31.0 Å². The Balaban J connectivity index is 1.44. The number of aromatic nitrogens is 2. The summed E-state index contributed by atoms with van der Waals surface area (Å²) in [4.78, 5) is 20.6. The maximum Gasteiger partial charge on any atom is 0.273 e. The second-order valence-corrected chi connectivity index (χ2v) is 9.16. The molecule has 0 radical (unpaired) electrons. The number of H-pyrrole nitrogens is 1. The van der Waals surface area contributed by atoms with Crippen LogP contribution in [0.3, 0.4) is 0 Å². The van der Waals surface area contributed by atoms with Crippen LogP contribution in [0.25, 0.3) is 11.3 Å². The van der Waals surface area contributed by atoms with Crippen molar-refractivity contribution in [2.24, 2.45) is 0 Å². The predicted octanol–water partition coefficient (Wildman–Crippen LogP) is 3.85. The molecule has 12 heteroatoms. The number of nitrogens with one attached hydrogen (secondary N) is 4. The molecule has 37 heavy (non-hydrogen) atoms. The molecule has 1 amide bonds. The van der Waals surface area contributed by atoms with Gasteiger partial charge in [-0.1, -0.05) is 6.07 Å². The molecular weight excluding hydrogens is 491 g/mol. The molecule has 0 unspecified atom stereocenters. The number of fused-ring (bicyclic) bond motifs is 2. The van der Waals surface area contributed by atoms with Crippen LogP contribution in [-0.4, -0.2) is 60.8 Å². The highest BCUT2D eigenvalue weighted by Gasteiger charge is 2.46. The lowest BCUT2D eigenvalue weighted by molar-refractivity contribution is -0.0178. The number of hydrogen-bond acceptors (Lipinski definition) is 7. The van der Waals surface area contributed by atoms with E-state index in [0.717, 1.165) is 0 Å². The number of hydrogen-bond donors (Lipinski definition) is 4. The Kier molecular flexibility index (Phi) is 5.63.